The molecule has 0 aliphatic rings. The van der Waals surface area contributed by atoms with Crippen molar-refractivity contribution in [3.05, 3.63) is 54.1 Å². The van der Waals surface area contributed by atoms with Crippen molar-refractivity contribution in [1.82, 2.24) is 9.55 Å². The van der Waals surface area contributed by atoms with Gasteiger partial charge < -0.3 is 9.67 Å². The summed E-state index contributed by atoms with van der Waals surface area (Å²) >= 11 is 0. The summed E-state index contributed by atoms with van der Waals surface area (Å²) in [5.74, 6) is -1.26. The minimum absolute atomic E-state index is 0.461. The van der Waals surface area contributed by atoms with E-state index >= 15 is 0 Å². The first-order valence-corrected chi connectivity index (χ1v) is 5.44. The number of aromatic nitrogens is 2. The van der Waals surface area contributed by atoms with Gasteiger partial charge in [0.15, 0.2) is 0 Å². The highest BCUT2D eigenvalue weighted by Gasteiger charge is 2.12. The largest absolute Gasteiger partial charge is 0.481 e. The van der Waals surface area contributed by atoms with Crippen LogP contribution in [-0.2, 0) is 11.3 Å². The van der Waals surface area contributed by atoms with E-state index in [2.05, 4.69) is 4.98 Å². The summed E-state index contributed by atoms with van der Waals surface area (Å²) in [7, 11) is 0. The van der Waals surface area contributed by atoms with Gasteiger partial charge in [-0.1, -0.05) is 24.3 Å². The molecule has 4 heteroatoms. The van der Waals surface area contributed by atoms with Crippen LogP contribution in [0.3, 0.4) is 0 Å². The Labute approximate surface area is 99.5 Å². The van der Waals surface area contributed by atoms with Crippen LogP contribution in [0, 0.1) is 0 Å². The first-order chi connectivity index (χ1) is 8.16. The van der Waals surface area contributed by atoms with E-state index in [4.69, 9.17) is 5.11 Å². The lowest BCUT2D eigenvalue weighted by Gasteiger charge is -2.08. The molecule has 2 aromatic rings. The molecule has 2 rings (SSSR count). The lowest BCUT2D eigenvalue weighted by molar-refractivity contribution is -0.138. The fourth-order valence-electron chi connectivity index (χ4n) is 1.65. The highest BCUT2D eigenvalue weighted by Crippen LogP contribution is 2.16. The van der Waals surface area contributed by atoms with Crippen molar-refractivity contribution in [3.8, 4) is 0 Å². The van der Waals surface area contributed by atoms with E-state index in [-0.39, 0.29) is 0 Å². The summed E-state index contributed by atoms with van der Waals surface area (Å²) in [5.41, 5.74) is 1.95. The highest BCUT2D eigenvalue weighted by molar-refractivity contribution is 5.75. The van der Waals surface area contributed by atoms with Crippen molar-refractivity contribution < 1.29 is 9.90 Å². The molecule has 0 amide bonds. The third kappa shape index (κ3) is 2.72. The molecule has 0 saturated heterocycles. The van der Waals surface area contributed by atoms with Gasteiger partial charge in [0.2, 0.25) is 0 Å². The molecule has 1 unspecified atom stereocenters. The Kier molecular flexibility index (Phi) is 3.23. The first kappa shape index (κ1) is 11.4. The van der Waals surface area contributed by atoms with E-state index < -0.39 is 11.9 Å². The zero-order valence-corrected chi connectivity index (χ0v) is 9.58. The molecule has 1 aromatic heterocycles. The Morgan fingerprint density at radius 3 is 2.65 bits per heavy atom. The number of hydrogen-bond acceptors (Lipinski definition) is 2. The molecule has 17 heavy (non-hydrogen) atoms. The maximum atomic E-state index is 10.8. The van der Waals surface area contributed by atoms with E-state index in [1.54, 1.807) is 19.4 Å². The van der Waals surface area contributed by atoms with Crippen molar-refractivity contribution in [2.75, 3.05) is 0 Å². The number of carbonyl (C=O) groups is 1. The normalized spacial score (nSPS) is 12.3. The van der Waals surface area contributed by atoms with Crippen LogP contribution in [0.15, 0.2) is 43.0 Å². The second-order valence-electron chi connectivity index (χ2n) is 4.04. The van der Waals surface area contributed by atoms with Gasteiger partial charge in [-0.2, -0.15) is 0 Å². The number of benzene rings is 1. The number of imidazole rings is 1. The second-order valence-corrected chi connectivity index (χ2v) is 4.04. The average molecular weight is 230 g/mol. The number of carboxylic acids is 1. The molecular formula is C13H14N2O2. The number of nitrogens with zero attached hydrogens (tertiary/aromatic N) is 2. The molecule has 0 aliphatic heterocycles. The minimum atomic E-state index is -0.799. The summed E-state index contributed by atoms with van der Waals surface area (Å²) in [4.78, 5) is 14.8. The zero-order chi connectivity index (χ0) is 12.3. The number of hydrogen-bond donors (Lipinski definition) is 1. The third-order valence-electron chi connectivity index (χ3n) is 2.77. The van der Waals surface area contributed by atoms with Gasteiger partial charge in [0.1, 0.15) is 0 Å². The standard InChI is InChI=1S/C13H14N2O2/c1-10(13(16)17)12-4-2-11(3-5-12)8-15-7-6-14-9-15/h2-7,9-10H,8H2,1H3,(H,16,17). The average Bonchev–Trinajstić information content (AvgIpc) is 2.82. The Morgan fingerprint density at radius 1 is 1.41 bits per heavy atom. The maximum Gasteiger partial charge on any atom is 0.310 e. The molecule has 0 fully saturated rings. The number of rotatable bonds is 4. The monoisotopic (exact) mass is 230 g/mol. The van der Waals surface area contributed by atoms with E-state index in [1.165, 1.54) is 0 Å². The molecule has 1 heterocycles. The van der Waals surface area contributed by atoms with Crippen LogP contribution in [0.25, 0.3) is 0 Å². The van der Waals surface area contributed by atoms with Crippen molar-refractivity contribution in [1.29, 1.82) is 0 Å². The number of aliphatic carboxylic acids is 1. The van der Waals surface area contributed by atoms with Gasteiger partial charge in [-0.15, -0.1) is 0 Å². The molecule has 0 bridgehead atoms. The van der Waals surface area contributed by atoms with Crippen molar-refractivity contribution in [3.63, 3.8) is 0 Å². The molecular weight excluding hydrogens is 216 g/mol. The quantitative estimate of drug-likeness (QED) is 0.875. The zero-order valence-electron chi connectivity index (χ0n) is 9.58. The van der Waals surface area contributed by atoms with Crippen molar-refractivity contribution >= 4 is 5.97 Å². The van der Waals surface area contributed by atoms with Crippen LogP contribution >= 0.6 is 0 Å². The van der Waals surface area contributed by atoms with Gasteiger partial charge in [-0.3, -0.25) is 4.79 Å². The van der Waals surface area contributed by atoms with Gasteiger partial charge in [-0.05, 0) is 18.1 Å². The first-order valence-electron chi connectivity index (χ1n) is 5.44. The minimum Gasteiger partial charge on any atom is -0.481 e. The van der Waals surface area contributed by atoms with Crippen LogP contribution in [0.4, 0.5) is 0 Å². The molecule has 0 saturated carbocycles. The molecule has 88 valence electrons. The summed E-state index contributed by atoms with van der Waals surface area (Å²) in [5, 5.41) is 8.90. The highest BCUT2D eigenvalue weighted by atomic mass is 16.4. The molecule has 1 aromatic carbocycles. The summed E-state index contributed by atoms with van der Waals surface area (Å²) < 4.78 is 1.97. The van der Waals surface area contributed by atoms with E-state index in [0.717, 1.165) is 17.7 Å². The predicted molar refractivity (Wildman–Crippen MR) is 63.8 cm³/mol. The predicted octanol–water partition coefficient (Wildman–Crippen LogP) is 2.12. The van der Waals surface area contributed by atoms with Gasteiger partial charge in [0.25, 0.3) is 0 Å². The summed E-state index contributed by atoms with van der Waals surface area (Å²) in [6.07, 6.45) is 5.39. The van der Waals surface area contributed by atoms with Crippen LogP contribution in [0.5, 0.6) is 0 Å². The van der Waals surface area contributed by atoms with Crippen molar-refractivity contribution in [2.45, 2.75) is 19.4 Å². The summed E-state index contributed by atoms with van der Waals surface area (Å²) in [6, 6.07) is 7.64. The molecule has 1 N–H and O–H groups in total. The Hall–Kier alpha value is -2.10. The van der Waals surface area contributed by atoms with E-state index in [1.807, 2.05) is 35.0 Å². The third-order valence-corrected chi connectivity index (χ3v) is 2.77. The SMILES string of the molecule is CC(C(=O)O)c1ccc(Cn2ccnc2)cc1. The second kappa shape index (κ2) is 4.82. The Balaban J connectivity index is 2.10. The Morgan fingerprint density at radius 2 is 2.12 bits per heavy atom. The fourth-order valence-corrected chi connectivity index (χ4v) is 1.65. The van der Waals surface area contributed by atoms with Crippen molar-refractivity contribution in [2.24, 2.45) is 0 Å². The Bertz CT molecular complexity index is 489. The molecule has 0 spiro atoms. The lowest BCUT2D eigenvalue weighted by atomic mass is 10.0. The summed E-state index contributed by atoms with van der Waals surface area (Å²) in [6.45, 7) is 2.44. The smallest absolute Gasteiger partial charge is 0.310 e. The molecule has 0 radical (unpaired) electrons. The molecule has 0 aliphatic carbocycles. The van der Waals surface area contributed by atoms with Gasteiger partial charge in [0.05, 0.1) is 12.2 Å². The van der Waals surface area contributed by atoms with E-state index in [0.29, 0.717) is 0 Å². The lowest BCUT2D eigenvalue weighted by Crippen LogP contribution is -2.07. The molecule has 1 atom stereocenters. The van der Waals surface area contributed by atoms with Crippen LogP contribution < -0.4 is 0 Å². The maximum absolute atomic E-state index is 10.8. The molecule has 4 nitrogen and oxygen atoms in total. The number of carboxylic acid groups (broad SMARTS) is 1. The van der Waals surface area contributed by atoms with Gasteiger partial charge >= 0.3 is 5.97 Å². The van der Waals surface area contributed by atoms with Crippen LogP contribution in [-0.4, -0.2) is 20.6 Å². The van der Waals surface area contributed by atoms with Gasteiger partial charge in [0, 0.05) is 18.9 Å². The van der Waals surface area contributed by atoms with Crippen LogP contribution in [0.2, 0.25) is 0 Å². The van der Waals surface area contributed by atoms with E-state index in [9.17, 15) is 4.79 Å². The topological polar surface area (TPSA) is 55.1 Å². The van der Waals surface area contributed by atoms with Gasteiger partial charge in [-0.25, -0.2) is 4.98 Å². The van der Waals surface area contributed by atoms with Crippen LogP contribution in [0.1, 0.15) is 24.0 Å². The fraction of sp³-hybridized carbons (Fsp3) is 0.231.